The first-order valence-electron chi connectivity index (χ1n) is 5.78. The fourth-order valence-corrected chi connectivity index (χ4v) is 1.47. The molecule has 1 amide bonds. The molecule has 0 unspecified atom stereocenters. The van der Waals surface area contributed by atoms with E-state index in [1.54, 1.807) is 12.1 Å². The SMILES string of the molecule is CN(C)CCC(=O)NCCc1ccccc1O. The van der Waals surface area contributed by atoms with Crippen LogP contribution in [0.25, 0.3) is 0 Å². The van der Waals surface area contributed by atoms with E-state index in [9.17, 15) is 9.90 Å². The first-order chi connectivity index (χ1) is 8.09. The van der Waals surface area contributed by atoms with E-state index in [1.165, 1.54) is 0 Å². The molecule has 4 heteroatoms. The molecule has 94 valence electrons. The Kier molecular flexibility index (Phi) is 5.49. The van der Waals surface area contributed by atoms with Crippen molar-refractivity contribution in [3.8, 4) is 5.75 Å². The van der Waals surface area contributed by atoms with Crippen molar-refractivity contribution < 1.29 is 9.90 Å². The molecule has 1 rings (SSSR count). The molecule has 0 heterocycles. The number of nitrogens with one attached hydrogen (secondary N) is 1. The Bertz CT molecular complexity index is 364. The van der Waals surface area contributed by atoms with Crippen LogP contribution in [0.15, 0.2) is 24.3 Å². The van der Waals surface area contributed by atoms with Crippen molar-refractivity contribution in [2.75, 3.05) is 27.2 Å². The summed E-state index contributed by atoms with van der Waals surface area (Å²) in [4.78, 5) is 13.4. The van der Waals surface area contributed by atoms with Crippen molar-refractivity contribution in [3.05, 3.63) is 29.8 Å². The van der Waals surface area contributed by atoms with Crippen LogP contribution in [0.2, 0.25) is 0 Å². The van der Waals surface area contributed by atoms with Gasteiger partial charge in [-0.2, -0.15) is 0 Å². The van der Waals surface area contributed by atoms with E-state index in [-0.39, 0.29) is 11.7 Å². The van der Waals surface area contributed by atoms with Crippen molar-refractivity contribution in [2.24, 2.45) is 0 Å². The zero-order valence-corrected chi connectivity index (χ0v) is 10.4. The molecular formula is C13H20N2O2. The summed E-state index contributed by atoms with van der Waals surface area (Å²) in [5.74, 6) is 0.337. The fraction of sp³-hybridized carbons (Fsp3) is 0.462. The van der Waals surface area contributed by atoms with Gasteiger partial charge in [0.2, 0.25) is 5.91 Å². The van der Waals surface area contributed by atoms with Gasteiger partial charge in [-0.1, -0.05) is 18.2 Å². The number of aromatic hydroxyl groups is 1. The van der Waals surface area contributed by atoms with Gasteiger partial charge in [-0.25, -0.2) is 0 Å². The standard InChI is InChI=1S/C13H20N2O2/c1-15(2)10-8-13(17)14-9-7-11-5-3-4-6-12(11)16/h3-6,16H,7-10H2,1-2H3,(H,14,17). The molecule has 0 bridgehead atoms. The van der Waals surface area contributed by atoms with Gasteiger partial charge in [0.15, 0.2) is 0 Å². The van der Waals surface area contributed by atoms with E-state index in [1.807, 2.05) is 31.1 Å². The number of hydrogen-bond donors (Lipinski definition) is 2. The molecule has 1 aromatic rings. The van der Waals surface area contributed by atoms with Gasteiger partial charge in [0.05, 0.1) is 0 Å². The highest BCUT2D eigenvalue weighted by atomic mass is 16.3. The summed E-state index contributed by atoms with van der Waals surface area (Å²) >= 11 is 0. The zero-order chi connectivity index (χ0) is 12.7. The summed E-state index contributed by atoms with van der Waals surface area (Å²) < 4.78 is 0. The van der Waals surface area contributed by atoms with Crippen molar-refractivity contribution >= 4 is 5.91 Å². The number of phenolic OH excluding ortho intramolecular Hbond substituents is 1. The number of amides is 1. The maximum atomic E-state index is 11.4. The molecule has 0 aliphatic heterocycles. The largest absolute Gasteiger partial charge is 0.508 e. The van der Waals surface area contributed by atoms with E-state index < -0.39 is 0 Å². The number of rotatable bonds is 6. The zero-order valence-electron chi connectivity index (χ0n) is 10.4. The number of carbonyl (C=O) groups excluding carboxylic acids is 1. The number of benzene rings is 1. The average molecular weight is 236 g/mol. The maximum absolute atomic E-state index is 11.4. The summed E-state index contributed by atoms with van der Waals surface area (Å²) in [7, 11) is 3.88. The second kappa shape index (κ2) is 6.91. The molecule has 0 spiro atoms. The van der Waals surface area contributed by atoms with Gasteiger partial charge in [-0.3, -0.25) is 4.79 Å². The highest BCUT2D eigenvalue weighted by Gasteiger charge is 2.03. The van der Waals surface area contributed by atoms with Crippen LogP contribution in [0, 0.1) is 0 Å². The maximum Gasteiger partial charge on any atom is 0.221 e. The number of carbonyl (C=O) groups is 1. The normalized spacial score (nSPS) is 10.5. The lowest BCUT2D eigenvalue weighted by atomic mass is 10.1. The fourth-order valence-electron chi connectivity index (χ4n) is 1.47. The quantitative estimate of drug-likeness (QED) is 0.775. The molecule has 0 aromatic heterocycles. The van der Waals surface area contributed by atoms with Crippen LogP contribution < -0.4 is 5.32 Å². The second-order valence-electron chi connectivity index (χ2n) is 4.28. The molecule has 0 aliphatic rings. The van der Waals surface area contributed by atoms with Crippen molar-refractivity contribution in [1.29, 1.82) is 0 Å². The Labute approximate surface area is 102 Å². The molecule has 0 saturated heterocycles. The Morgan fingerprint density at radius 3 is 2.71 bits per heavy atom. The predicted molar refractivity (Wildman–Crippen MR) is 68.0 cm³/mol. The van der Waals surface area contributed by atoms with Crippen molar-refractivity contribution in [3.63, 3.8) is 0 Å². The molecule has 1 aromatic carbocycles. The van der Waals surface area contributed by atoms with E-state index in [2.05, 4.69) is 5.32 Å². The first kappa shape index (κ1) is 13.5. The lowest BCUT2D eigenvalue weighted by molar-refractivity contribution is -0.121. The molecule has 4 nitrogen and oxygen atoms in total. The van der Waals surface area contributed by atoms with E-state index in [0.29, 0.717) is 19.4 Å². The number of nitrogens with zero attached hydrogens (tertiary/aromatic N) is 1. The summed E-state index contributed by atoms with van der Waals surface area (Å²) in [5, 5.41) is 12.4. The van der Waals surface area contributed by atoms with Gasteiger partial charge in [0, 0.05) is 19.5 Å². The lowest BCUT2D eigenvalue weighted by Crippen LogP contribution is -2.28. The Morgan fingerprint density at radius 1 is 1.35 bits per heavy atom. The molecule has 0 saturated carbocycles. The molecule has 17 heavy (non-hydrogen) atoms. The van der Waals surface area contributed by atoms with Gasteiger partial charge in [-0.05, 0) is 32.1 Å². The molecule has 0 atom stereocenters. The summed E-state index contributed by atoms with van der Waals surface area (Å²) in [6.45, 7) is 1.31. The third-order valence-corrected chi connectivity index (χ3v) is 2.49. The minimum atomic E-state index is 0.0501. The highest BCUT2D eigenvalue weighted by Crippen LogP contribution is 2.15. The Balaban J connectivity index is 2.24. The van der Waals surface area contributed by atoms with Crippen LogP contribution in [-0.4, -0.2) is 43.1 Å². The molecule has 0 radical (unpaired) electrons. The smallest absolute Gasteiger partial charge is 0.221 e. The number of para-hydroxylation sites is 1. The number of hydrogen-bond acceptors (Lipinski definition) is 3. The molecular weight excluding hydrogens is 216 g/mol. The van der Waals surface area contributed by atoms with Crippen molar-refractivity contribution in [2.45, 2.75) is 12.8 Å². The Morgan fingerprint density at radius 2 is 2.06 bits per heavy atom. The predicted octanol–water partition coefficient (Wildman–Crippen LogP) is 1.00. The monoisotopic (exact) mass is 236 g/mol. The van der Waals surface area contributed by atoms with Crippen LogP contribution >= 0.6 is 0 Å². The van der Waals surface area contributed by atoms with Gasteiger partial charge < -0.3 is 15.3 Å². The molecule has 0 aliphatic carbocycles. The average Bonchev–Trinajstić information content (AvgIpc) is 2.29. The van der Waals surface area contributed by atoms with Crippen LogP contribution in [0.1, 0.15) is 12.0 Å². The van der Waals surface area contributed by atoms with E-state index in [0.717, 1.165) is 12.1 Å². The van der Waals surface area contributed by atoms with E-state index >= 15 is 0 Å². The molecule has 0 fully saturated rings. The molecule has 2 N–H and O–H groups in total. The number of phenols is 1. The third-order valence-electron chi connectivity index (χ3n) is 2.49. The van der Waals surface area contributed by atoms with Crippen molar-refractivity contribution in [1.82, 2.24) is 10.2 Å². The lowest BCUT2D eigenvalue weighted by Gasteiger charge is -2.10. The van der Waals surface area contributed by atoms with E-state index in [4.69, 9.17) is 0 Å². The minimum Gasteiger partial charge on any atom is -0.508 e. The van der Waals surface area contributed by atoms with Crippen LogP contribution in [0.4, 0.5) is 0 Å². The second-order valence-corrected chi connectivity index (χ2v) is 4.28. The van der Waals surface area contributed by atoms with Gasteiger partial charge in [0.1, 0.15) is 5.75 Å². The van der Waals surface area contributed by atoms with Gasteiger partial charge in [0.25, 0.3) is 0 Å². The van der Waals surface area contributed by atoms with Crippen LogP contribution in [-0.2, 0) is 11.2 Å². The van der Waals surface area contributed by atoms with Crippen LogP contribution in [0.3, 0.4) is 0 Å². The first-order valence-corrected chi connectivity index (χ1v) is 5.78. The van der Waals surface area contributed by atoms with Gasteiger partial charge in [-0.15, -0.1) is 0 Å². The summed E-state index contributed by atoms with van der Waals surface area (Å²) in [5.41, 5.74) is 0.861. The summed E-state index contributed by atoms with van der Waals surface area (Å²) in [6, 6.07) is 7.18. The highest BCUT2D eigenvalue weighted by molar-refractivity contribution is 5.76. The minimum absolute atomic E-state index is 0.0501. The third kappa shape index (κ3) is 5.36. The summed E-state index contributed by atoms with van der Waals surface area (Å²) in [6.07, 6.45) is 1.16. The Hall–Kier alpha value is -1.55. The van der Waals surface area contributed by atoms with Gasteiger partial charge >= 0.3 is 0 Å². The topological polar surface area (TPSA) is 52.6 Å². The van der Waals surface area contributed by atoms with Crippen LogP contribution in [0.5, 0.6) is 5.75 Å².